The molecule has 2 aliphatic heterocycles. The maximum absolute atomic E-state index is 11.1. The number of hydrogen-bond donors (Lipinski definition) is 2. The fourth-order valence-corrected chi connectivity index (χ4v) is 2.37. The molecule has 1 amide bonds. The summed E-state index contributed by atoms with van der Waals surface area (Å²) in [6.07, 6.45) is -1.02. The molecule has 0 aliphatic carbocycles. The normalized spacial score (nSPS) is 39.8. The van der Waals surface area contributed by atoms with E-state index in [0.29, 0.717) is 6.61 Å². The molecule has 98 valence electrons. The largest absolute Gasteiger partial charge is 0.394 e. The quantitative estimate of drug-likeness (QED) is 0.679. The lowest BCUT2D eigenvalue weighted by atomic mass is 9.98. The van der Waals surface area contributed by atoms with Gasteiger partial charge < -0.3 is 24.6 Å². The second kappa shape index (κ2) is 4.53. The molecule has 0 spiro atoms. The summed E-state index contributed by atoms with van der Waals surface area (Å²) in [4.78, 5) is 11.1. The van der Waals surface area contributed by atoms with Crippen LogP contribution in [0.5, 0.6) is 0 Å². The van der Waals surface area contributed by atoms with Crippen LogP contribution in [0, 0.1) is 0 Å². The fourth-order valence-electron chi connectivity index (χ4n) is 2.37. The first-order chi connectivity index (χ1) is 7.93. The summed E-state index contributed by atoms with van der Waals surface area (Å²) in [6.45, 7) is 5.28. The predicted octanol–water partition coefficient (Wildman–Crippen LogP) is -0.598. The lowest BCUT2D eigenvalue weighted by Crippen LogP contribution is -2.58. The smallest absolute Gasteiger partial charge is 0.217 e. The van der Waals surface area contributed by atoms with E-state index in [1.807, 2.05) is 13.8 Å². The van der Waals surface area contributed by atoms with Crippen molar-refractivity contribution in [3.8, 4) is 0 Å². The molecule has 2 rings (SSSR count). The number of carbonyl (C=O) groups excluding carboxylic acids is 1. The molecule has 0 saturated carbocycles. The summed E-state index contributed by atoms with van der Waals surface area (Å²) in [5.74, 6) is -0.846. The average Bonchev–Trinajstić information content (AvgIpc) is 2.53. The summed E-state index contributed by atoms with van der Waals surface area (Å²) in [5.41, 5.74) is 0. The summed E-state index contributed by atoms with van der Waals surface area (Å²) >= 11 is 0. The van der Waals surface area contributed by atoms with Crippen LogP contribution >= 0.6 is 0 Å². The highest BCUT2D eigenvalue weighted by atomic mass is 16.8. The maximum atomic E-state index is 11.1. The average molecular weight is 245 g/mol. The Morgan fingerprint density at radius 2 is 2.06 bits per heavy atom. The standard InChI is InChI=1S/C11H19NO5/c1-6(14)12-7-5-15-8(4-13)10-9(7)16-11(2,3)17-10/h7-10,13H,4-5H2,1-3H3,(H,12,14)/t7-,8+,9+,10-/m0/s1. The molecular formula is C11H19NO5. The van der Waals surface area contributed by atoms with E-state index in [1.54, 1.807) is 0 Å². The molecule has 0 aromatic rings. The molecule has 0 aromatic carbocycles. The first-order valence-corrected chi connectivity index (χ1v) is 5.78. The van der Waals surface area contributed by atoms with Crippen LogP contribution in [0.3, 0.4) is 0 Å². The number of amides is 1. The Bertz CT molecular complexity index is 306. The van der Waals surface area contributed by atoms with Crippen molar-refractivity contribution in [3.05, 3.63) is 0 Å². The van der Waals surface area contributed by atoms with Crippen LogP contribution in [0.4, 0.5) is 0 Å². The highest BCUT2D eigenvalue weighted by molar-refractivity contribution is 5.73. The minimum Gasteiger partial charge on any atom is -0.394 e. The zero-order chi connectivity index (χ0) is 12.6. The Balaban J connectivity index is 2.12. The Morgan fingerprint density at radius 1 is 1.41 bits per heavy atom. The molecule has 4 atom stereocenters. The molecule has 17 heavy (non-hydrogen) atoms. The van der Waals surface area contributed by atoms with E-state index in [-0.39, 0.29) is 30.8 Å². The van der Waals surface area contributed by atoms with E-state index >= 15 is 0 Å². The zero-order valence-corrected chi connectivity index (χ0v) is 10.3. The zero-order valence-electron chi connectivity index (χ0n) is 10.3. The summed E-state index contributed by atoms with van der Waals surface area (Å²) < 4.78 is 17.0. The summed E-state index contributed by atoms with van der Waals surface area (Å²) in [7, 11) is 0. The van der Waals surface area contributed by atoms with Gasteiger partial charge in [0.05, 0.1) is 19.3 Å². The number of aliphatic hydroxyl groups is 1. The van der Waals surface area contributed by atoms with Crippen LogP contribution in [0.1, 0.15) is 20.8 Å². The molecule has 0 radical (unpaired) electrons. The van der Waals surface area contributed by atoms with Crippen molar-refractivity contribution in [2.24, 2.45) is 0 Å². The Hall–Kier alpha value is -0.690. The lowest BCUT2D eigenvalue weighted by molar-refractivity contribution is -0.157. The van der Waals surface area contributed by atoms with Crippen molar-refractivity contribution in [3.63, 3.8) is 0 Å². The monoisotopic (exact) mass is 245 g/mol. The Morgan fingerprint density at radius 3 is 2.65 bits per heavy atom. The number of carbonyl (C=O) groups is 1. The number of hydrogen-bond acceptors (Lipinski definition) is 5. The van der Waals surface area contributed by atoms with Crippen molar-refractivity contribution in [2.75, 3.05) is 13.2 Å². The van der Waals surface area contributed by atoms with Gasteiger partial charge in [-0.25, -0.2) is 0 Å². The van der Waals surface area contributed by atoms with Gasteiger partial charge in [-0.3, -0.25) is 4.79 Å². The van der Waals surface area contributed by atoms with Crippen molar-refractivity contribution >= 4 is 5.91 Å². The Kier molecular flexibility index (Phi) is 3.40. The fraction of sp³-hybridized carbons (Fsp3) is 0.909. The molecule has 2 fully saturated rings. The van der Waals surface area contributed by atoms with Gasteiger partial charge in [-0.2, -0.15) is 0 Å². The van der Waals surface area contributed by atoms with E-state index in [4.69, 9.17) is 14.2 Å². The van der Waals surface area contributed by atoms with Gasteiger partial charge in [-0.15, -0.1) is 0 Å². The van der Waals surface area contributed by atoms with E-state index in [1.165, 1.54) is 6.92 Å². The molecule has 0 aromatic heterocycles. The number of fused-ring (bicyclic) bond motifs is 1. The van der Waals surface area contributed by atoms with Crippen LogP contribution in [0.2, 0.25) is 0 Å². The van der Waals surface area contributed by atoms with E-state index < -0.39 is 11.9 Å². The Labute approximate surface area is 100 Å². The lowest BCUT2D eigenvalue weighted by Gasteiger charge is -2.36. The molecule has 6 nitrogen and oxygen atoms in total. The molecule has 2 N–H and O–H groups in total. The van der Waals surface area contributed by atoms with Gasteiger partial charge in [0, 0.05) is 6.92 Å². The first kappa shape index (κ1) is 12.8. The van der Waals surface area contributed by atoms with Gasteiger partial charge in [-0.05, 0) is 13.8 Å². The third-order valence-electron chi connectivity index (χ3n) is 2.99. The molecule has 2 heterocycles. The second-order valence-electron chi connectivity index (χ2n) is 4.93. The van der Waals surface area contributed by atoms with Crippen LogP contribution in [-0.2, 0) is 19.0 Å². The van der Waals surface area contributed by atoms with Gasteiger partial charge in [0.25, 0.3) is 0 Å². The van der Waals surface area contributed by atoms with Crippen molar-refractivity contribution < 1.29 is 24.1 Å². The molecule has 0 bridgehead atoms. The molecule has 2 aliphatic rings. The molecule has 6 heteroatoms. The third kappa shape index (κ3) is 2.60. The maximum Gasteiger partial charge on any atom is 0.217 e. The minimum absolute atomic E-state index is 0.118. The number of ether oxygens (including phenoxy) is 3. The topological polar surface area (TPSA) is 77.0 Å². The van der Waals surface area contributed by atoms with Gasteiger partial charge in [0.15, 0.2) is 5.79 Å². The van der Waals surface area contributed by atoms with E-state index in [0.717, 1.165) is 0 Å². The van der Waals surface area contributed by atoms with Crippen LogP contribution < -0.4 is 5.32 Å². The first-order valence-electron chi connectivity index (χ1n) is 5.78. The highest BCUT2D eigenvalue weighted by Gasteiger charge is 2.51. The molecule has 0 unspecified atom stereocenters. The van der Waals surface area contributed by atoms with Crippen LogP contribution in [0.15, 0.2) is 0 Å². The summed E-state index contributed by atoms with van der Waals surface area (Å²) in [6, 6.07) is -0.234. The second-order valence-corrected chi connectivity index (χ2v) is 4.93. The highest BCUT2D eigenvalue weighted by Crippen LogP contribution is 2.35. The van der Waals surface area contributed by atoms with Gasteiger partial charge in [-0.1, -0.05) is 0 Å². The van der Waals surface area contributed by atoms with Gasteiger partial charge in [0.2, 0.25) is 5.91 Å². The number of rotatable bonds is 2. The van der Waals surface area contributed by atoms with Crippen LogP contribution in [0.25, 0.3) is 0 Å². The molecule has 2 saturated heterocycles. The van der Waals surface area contributed by atoms with Crippen molar-refractivity contribution in [1.29, 1.82) is 0 Å². The van der Waals surface area contributed by atoms with Gasteiger partial charge in [0.1, 0.15) is 18.3 Å². The predicted molar refractivity (Wildman–Crippen MR) is 58.3 cm³/mol. The van der Waals surface area contributed by atoms with E-state index in [2.05, 4.69) is 5.32 Å². The van der Waals surface area contributed by atoms with Gasteiger partial charge >= 0.3 is 0 Å². The molecular weight excluding hydrogens is 226 g/mol. The van der Waals surface area contributed by atoms with Crippen LogP contribution in [-0.4, -0.2) is 54.4 Å². The third-order valence-corrected chi connectivity index (χ3v) is 2.99. The number of nitrogens with one attached hydrogen (secondary N) is 1. The minimum atomic E-state index is -0.715. The number of aliphatic hydroxyl groups excluding tert-OH is 1. The summed E-state index contributed by atoms with van der Waals surface area (Å²) in [5, 5.41) is 12.0. The SMILES string of the molecule is CC(=O)N[C@H]1CO[C@H](CO)[C@@H]2OC(C)(C)O[C@@H]21. The van der Waals surface area contributed by atoms with Crippen molar-refractivity contribution in [2.45, 2.75) is 50.9 Å². The van der Waals surface area contributed by atoms with E-state index in [9.17, 15) is 9.90 Å². The van der Waals surface area contributed by atoms with Crippen molar-refractivity contribution in [1.82, 2.24) is 5.32 Å².